The third-order valence-corrected chi connectivity index (χ3v) is 2.51. The molecule has 1 aromatic heterocycles. The molecular weight excluding hydrogens is 265 g/mol. The van der Waals surface area contributed by atoms with E-state index >= 15 is 0 Å². The molecule has 0 unspecified atom stereocenters. The summed E-state index contributed by atoms with van der Waals surface area (Å²) >= 11 is 11.4. The molecule has 0 aliphatic carbocycles. The van der Waals surface area contributed by atoms with Gasteiger partial charge in [0.15, 0.2) is 11.0 Å². The minimum atomic E-state index is -0.468. The van der Waals surface area contributed by atoms with E-state index in [4.69, 9.17) is 32.7 Å². The number of carbonyl (C=O) groups is 1. The van der Waals surface area contributed by atoms with Crippen molar-refractivity contribution in [2.24, 2.45) is 0 Å². The van der Waals surface area contributed by atoms with E-state index in [1.807, 2.05) is 0 Å². The van der Waals surface area contributed by atoms with Gasteiger partial charge >= 0.3 is 0 Å². The van der Waals surface area contributed by atoms with Crippen LogP contribution in [-0.2, 0) is 0 Å². The number of halogens is 2. The Hall–Kier alpha value is -1.65. The lowest BCUT2D eigenvalue weighted by Gasteiger charge is -2.05. The molecule has 88 valence electrons. The first-order valence-electron chi connectivity index (χ1n) is 4.61. The number of hydrogen-bond acceptors (Lipinski definition) is 3. The molecule has 0 atom stereocenters. The van der Waals surface area contributed by atoms with E-state index in [1.54, 1.807) is 0 Å². The van der Waals surface area contributed by atoms with Gasteiger partial charge in [-0.15, -0.1) is 0 Å². The Morgan fingerprint density at radius 3 is 2.59 bits per heavy atom. The Morgan fingerprint density at radius 1 is 1.24 bits per heavy atom. The number of hydrogen-bond donors (Lipinski definition) is 2. The molecule has 0 aliphatic rings. The molecule has 0 radical (unpaired) electrons. The van der Waals surface area contributed by atoms with E-state index in [1.165, 1.54) is 30.3 Å². The molecule has 2 N–H and O–H groups in total. The van der Waals surface area contributed by atoms with Crippen LogP contribution in [0.1, 0.15) is 10.6 Å². The van der Waals surface area contributed by atoms with Crippen LogP contribution in [0.15, 0.2) is 34.7 Å². The summed E-state index contributed by atoms with van der Waals surface area (Å²) in [5.74, 6) is -0.363. The Labute approximate surface area is 107 Å². The molecule has 0 saturated carbocycles. The van der Waals surface area contributed by atoms with Crippen molar-refractivity contribution in [3.05, 3.63) is 46.3 Å². The molecule has 17 heavy (non-hydrogen) atoms. The van der Waals surface area contributed by atoms with Gasteiger partial charge in [0.2, 0.25) is 0 Å². The number of phenolic OH excluding ortho intramolecular Hbond substituents is 1. The van der Waals surface area contributed by atoms with Crippen LogP contribution in [-0.4, -0.2) is 11.0 Å². The number of amides is 1. The number of phenols is 1. The van der Waals surface area contributed by atoms with Gasteiger partial charge in [-0.3, -0.25) is 4.79 Å². The van der Waals surface area contributed by atoms with Crippen molar-refractivity contribution in [1.29, 1.82) is 0 Å². The SMILES string of the molecule is O=C(Nc1ccc(O)cc1Cl)c1ccc(Cl)o1. The van der Waals surface area contributed by atoms with Crippen LogP contribution in [0, 0.1) is 0 Å². The summed E-state index contributed by atoms with van der Waals surface area (Å²) in [7, 11) is 0. The highest BCUT2D eigenvalue weighted by Crippen LogP contribution is 2.26. The molecule has 2 aromatic rings. The Kier molecular flexibility index (Phi) is 3.26. The maximum Gasteiger partial charge on any atom is 0.291 e. The lowest BCUT2D eigenvalue weighted by Crippen LogP contribution is -2.11. The van der Waals surface area contributed by atoms with Crippen LogP contribution in [0.5, 0.6) is 5.75 Å². The van der Waals surface area contributed by atoms with Gasteiger partial charge in [-0.1, -0.05) is 11.6 Å². The van der Waals surface area contributed by atoms with Crippen molar-refractivity contribution in [1.82, 2.24) is 0 Å². The van der Waals surface area contributed by atoms with Gasteiger partial charge in [-0.05, 0) is 35.9 Å². The summed E-state index contributed by atoms with van der Waals surface area (Å²) in [4.78, 5) is 11.7. The largest absolute Gasteiger partial charge is 0.508 e. The number of carbonyl (C=O) groups excluding carboxylic acids is 1. The first kappa shape index (κ1) is 11.8. The number of nitrogens with one attached hydrogen (secondary N) is 1. The van der Waals surface area contributed by atoms with E-state index in [0.717, 1.165) is 0 Å². The Balaban J connectivity index is 2.18. The van der Waals surface area contributed by atoms with Crippen molar-refractivity contribution in [3.63, 3.8) is 0 Å². The zero-order valence-corrected chi connectivity index (χ0v) is 9.92. The molecule has 4 nitrogen and oxygen atoms in total. The van der Waals surface area contributed by atoms with Gasteiger partial charge in [0.05, 0.1) is 10.7 Å². The second-order valence-electron chi connectivity index (χ2n) is 3.22. The fraction of sp³-hybridized carbons (Fsp3) is 0. The Morgan fingerprint density at radius 2 is 2.00 bits per heavy atom. The Bertz CT molecular complexity index is 566. The normalized spacial score (nSPS) is 10.2. The van der Waals surface area contributed by atoms with Crippen LogP contribution in [0.2, 0.25) is 10.2 Å². The number of anilines is 1. The highest BCUT2D eigenvalue weighted by atomic mass is 35.5. The fourth-order valence-corrected chi connectivity index (χ4v) is 1.59. The predicted octanol–water partition coefficient (Wildman–Crippen LogP) is 3.54. The van der Waals surface area contributed by atoms with E-state index < -0.39 is 5.91 Å². The molecule has 0 fully saturated rings. The number of benzene rings is 1. The van der Waals surface area contributed by atoms with Crippen LogP contribution in [0.3, 0.4) is 0 Å². The highest BCUT2D eigenvalue weighted by molar-refractivity contribution is 6.34. The van der Waals surface area contributed by atoms with Gasteiger partial charge < -0.3 is 14.8 Å². The zero-order valence-electron chi connectivity index (χ0n) is 8.41. The first-order chi connectivity index (χ1) is 8.06. The number of aromatic hydroxyl groups is 1. The molecule has 6 heteroatoms. The molecule has 2 rings (SSSR count). The lowest BCUT2D eigenvalue weighted by atomic mass is 10.3. The van der Waals surface area contributed by atoms with Crippen molar-refractivity contribution in [2.75, 3.05) is 5.32 Å². The standard InChI is InChI=1S/C11H7Cl2NO3/c12-7-5-6(15)1-2-8(7)14-11(16)9-3-4-10(13)17-9/h1-5,15H,(H,14,16). The highest BCUT2D eigenvalue weighted by Gasteiger charge is 2.12. The smallest absolute Gasteiger partial charge is 0.291 e. The minimum absolute atomic E-state index is 0.0223. The lowest BCUT2D eigenvalue weighted by molar-refractivity contribution is 0.0996. The monoisotopic (exact) mass is 271 g/mol. The third kappa shape index (κ3) is 2.72. The maximum absolute atomic E-state index is 11.7. The summed E-state index contributed by atoms with van der Waals surface area (Å²) in [5, 5.41) is 12.1. The summed E-state index contributed by atoms with van der Waals surface area (Å²) in [6.45, 7) is 0. The second-order valence-corrected chi connectivity index (χ2v) is 4.00. The topological polar surface area (TPSA) is 62.5 Å². The van der Waals surface area contributed by atoms with Gasteiger partial charge in [0.25, 0.3) is 5.91 Å². The average Bonchev–Trinajstić information content (AvgIpc) is 2.69. The first-order valence-corrected chi connectivity index (χ1v) is 5.37. The number of furan rings is 1. The van der Waals surface area contributed by atoms with Crippen LogP contribution in [0.25, 0.3) is 0 Å². The van der Waals surface area contributed by atoms with Gasteiger partial charge in [-0.25, -0.2) is 0 Å². The molecule has 0 bridgehead atoms. The molecule has 1 heterocycles. The molecule has 0 aliphatic heterocycles. The quantitative estimate of drug-likeness (QED) is 0.822. The van der Waals surface area contributed by atoms with Crippen LogP contribution in [0.4, 0.5) is 5.69 Å². The summed E-state index contributed by atoms with van der Waals surface area (Å²) in [6.07, 6.45) is 0. The van der Waals surface area contributed by atoms with Crippen molar-refractivity contribution >= 4 is 34.8 Å². The minimum Gasteiger partial charge on any atom is -0.508 e. The van der Waals surface area contributed by atoms with E-state index in [-0.39, 0.29) is 21.8 Å². The second kappa shape index (κ2) is 4.69. The third-order valence-electron chi connectivity index (χ3n) is 2.00. The van der Waals surface area contributed by atoms with E-state index in [9.17, 15) is 4.79 Å². The molecular formula is C11H7Cl2NO3. The molecule has 1 aromatic carbocycles. The van der Waals surface area contributed by atoms with E-state index in [0.29, 0.717) is 5.69 Å². The molecule has 0 saturated heterocycles. The predicted molar refractivity (Wildman–Crippen MR) is 64.8 cm³/mol. The maximum atomic E-state index is 11.7. The number of rotatable bonds is 2. The van der Waals surface area contributed by atoms with Crippen LogP contribution >= 0.6 is 23.2 Å². The van der Waals surface area contributed by atoms with Gasteiger partial charge in [0.1, 0.15) is 5.75 Å². The van der Waals surface area contributed by atoms with Gasteiger partial charge in [-0.2, -0.15) is 0 Å². The molecule has 1 amide bonds. The van der Waals surface area contributed by atoms with Crippen LogP contribution < -0.4 is 5.32 Å². The zero-order chi connectivity index (χ0) is 12.4. The summed E-state index contributed by atoms with van der Waals surface area (Å²) in [6, 6.07) is 7.14. The summed E-state index contributed by atoms with van der Waals surface area (Å²) in [5.41, 5.74) is 0.377. The van der Waals surface area contributed by atoms with Crippen molar-refractivity contribution in [2.45, 2.75) is 0 Å². The average molecular weight is 272 g/mol. The fourth-order valence-electron chi connectivity index (χ4n) is 1.23. The molecule has 0 spiro atoms. The van der Waals surface area contributed by atoms with Gasteiger partial charge in [0, 0.05) is 6.07 Å². The van der Waals surface area contributed by atoms with E-state index in [2.05, 4.69) is 5.32 Å². The van der Waals surface area contributed by atoms with Crippen molar-refractivity contribution < 1.29 is 14.3 Å². The summed E-state index contributed by atoms with van der Waals surface area (Å²) < 4.78 is 4.94. The van der Waals surface area contributed by atoms with Crippen molar-refractivity contribution in [3.8, 4) is 5.75 Å².